The van der Waals surface area contributed by atoms with Gasteiger partial charge in [-0.15, -0.1) is 0 Å². The third-order valence-corrected chi connectivity index (χ3v) is 3.86. The Morgan fingerprint density at radius 2 is 2.23 bits per heavy atom. The average molecular weight is 308 g/mol. The van der Waals surface area contributed by atoms with Crippen LogP contribution >= 0.6 is 0 Å². The minimum atomic E-state index is -0.513. The molecule has 124 valence electrons. The number of hydrogen-bond acceptors (Lipinski definition) is 4. The van der Waals surface area contributed by atoms with Crippen molar-refractivity contribution in [3.8, 4) is 0 Å². The fourth-order valence-electron chi connectivity index (χ4n) is 2.83. The van der Waals surface area contributed by atoms with E-state index in [-0.39, 0.29) is 0 Å². The number of nitrogens with zero attached hydrogens (tertiary/aromatic N) is 1. The van der Waals surface area contributed by atoms with E-state index in [0.717, 1.165) is 11.5 Å². The fourth-order valence-corrected chi connectivity index (χ4v) is 2.83. The van der Waals surface area contributed by atoms with Crippen molar-refractivity contribution in [2.75, 3.05) is 5.32 Å². The van der Waals surface area contributed by atoms with E-state index in [0.29, 0.717) is 18.4 Å². The minimum Gasteiger partial charge on any atom is -0.444 e. The number of nitrogens with one attached hydrogen (secondary N) is 3. The van der Waals surface area contributed by atoms with Crippen LogP contribution in [0.15, 0.2) is 6.20 Å². The summed E-state index contributed by atoms with van der Waals surface area (Å²) < 4.78 is 5.26. The number of anilines is 1. The summed E-state index contributed by atoms with van der Waals surface area (Å²) in [6.45, 7) is 8.52. The van der Waals surface area contributed by atoms with Crippen molar-refractivity contribution in [3.63, 3.8) is 0 Å². The van der Waals surface area contributed by atoms with E-state index in [9.17, 15) is 4.79 Å². The Morgan fingerprint density at radius 3 is 2.91 bits per heavy atom. The monoisotopic (exact) mass is 308 g/mol. The van der Waals surface area contributed by atoms with Gasteiger partial charge in [0.05, 0.1) is 6.20 Å². The quantitative estimate of drug-likeness (QED) is 0.796. The van der Waals surface area contributed by atoms with Crippen LogP contribution in [0.25, 0.3) is 0 Å². The molecule has 0 bridgehead atoms. The SMILES string of the molecule is CC1CCCC(NCc2cn[nH]c2NC(=O)OC(C)(C)C)C1. The molecule has 1 aromatic rings. The molecular weight excluding hydrogens is 280 g/mol. The minimum absolute atomic E-state index is 0.468. The standard InChI is InChI=1S/C16H28N4O2/c1-11-6-5-7-13(8-11)17-9-12-10-18-20-14(12)19-15(21)22-16(2,3)4/h10-11,13,17H,5-9H2,1-4H3,(H2,18,19,20,21). The lowest BCUT2D eigenvalue weighted by Crippen LogP contribution is -2.33. The Morgan fingerprint density at radius 1 is 1.45 bits per heavy atom. The van der Waals surface area contributed by atoms with Gasteiger partial charge in [-0.05, 0) is 39.5 Å². The van der Waals surface area contributed by atoms with Gasteiger partial charge in [0.25, 0.3) is 0 Å². The summed E-state index contributed by atoms with van der Waals surface area (Å²) in [4.78, 5) is 11.8. The third kappa shape index (κ3) is 5.33. The molecule has 1 saturated carbocycles. The number of carbonyl (C=O) groups is 1. The molecule has 0 aliphatic heterocycles. The van der Waals surface area contributed by atoms with Crippen molar-refractivity contribution >= 4 is 11.9 Å². The maximum absolute atomic E-state index is 11.8. The van der Waals surface area contributed by atoms with Gasteiger partial charge in [-0.1, -0.05) is 19.8 Å². The normalized spacial score (nSPS) is 22.4. The molecule has 2 rings (SSSR count). The first kappa shape index (κ1) is 16.8. The van der Waals surface area contributed by atoms with E-state index in [4.69, 9.17) is 4.74 Å². The highest BCUT2D eigenvalue weighted by atomic mass is 16.6. The Bertz CT molecular complexity index is 493. The van der Waals surface area contributed by atoms with Crippen LogP contribution in [0, 0.1) is 5.92 Å². The van der Waals surface area contributed by atoms with Crippen LogP contribution in [0.5, 0.6) is 0 Å². The number of rotatable bonds is 4. The summed E-state index contributed by atoms with van der Waals surface area (Å²) >= 11 is 0. The number of H-pyrrole nitrogens is 1. The molecule has 0 saturated heterocycles. The van der Waals surface area contributed by atoms with Crippen LogP contribution in [0.4, 0.5) is 10.6 Å². The van der Waals surface area contributed by atoms with Crippen LogP contribution in [-0.2, 0) is 11.3 Å². The molecule has 1 amide bonds. The van der Waals surface area contributed by atoms with Gasteiger partial charge in [0, 0.05) is 18.2 Å². The van der Waals surface area contributed by atoms with E-state index in [1.807, 2.05) is 20.8 Å². The summed E-state index contributed by atoms with van der Waals surface area (Å²) in [5.41, 5.74) is 0.435. The topological polar surface area (TPSA) is 79.0 Å². The third-order valence-electron chi connectivity index (χ3n) is 3.86. The van der Waals surface area contributed by atoms with Gasteiger partial charge >= 0.3 is 6.09 Å². The van der Waals surface area contributed by atoms with Gasteiger partial charge in [0.1, 0.15) is 11.4 Å². The van der Waals surface area contributed by atoms with Crippen LogP contribution in [-0.4, -0.2) is 27.9 Å². The lowest BCUT2D eigenvalue weighted by atomic mass is 9.87. The van der Waals surface area contributed by atoms with Crippen LogP contribution in [0.1, 0.15) is 58.9 Å². The molecule has 1 fully saturated rings. The highest BCUT2D eigenvalue weighted by molar-refractivity contribution is 5.84. The highest BCUT2D eigenvalue weighted by Gasteiger charge is 2.20. The number of hydrogen-bond donors (Lipinski definition) is 3. The van der Waals surface area contributed by atoms with Gasteiger partial charge in [0.2, 0.25) is 0 Å². The second kappa shape index (κ2) is 7.13. The van der Waals surface area contributed by atoms with Crippen molar-refractivity contribution in [1.29, 1.82) is 0 Å². The maximum Gasteiger partial charge on any atom is 0.413 e. The molecule has 6 heteroatoms. The van der Waals surface area contributed by atoms with Crippen LogP contribution in [0.2, 0.25) is 0 Å². The molecule has 1 aliphatic carbocycles. The molecule has 1 aromatic heterocycles. The maximum atomic E-state index is 11.8. The largest absolute Gasteiger partial charge is 0.444 e. The first-order valence-electron chi connectivity index (χ1n) is 8.09. The van der Waals surface area contributed by atoms with E-state index in [2.05, 4.69) is 27.8 Å². The second-order valence-corrected chi connectivity index (χ2v) is 7.25. The molecule has 6 nitrogen and oxygen atoms in total. The highest BCUT2D eigenvalue weighted by Crippen LogP contribution is 2.24. The first-order valence-corrected chi connectivity index (χ1v) is 8.09. The lowest BCUT2D eigenvalue weighted by Gasteiger charge is -2.27. The average Bonchev–Trinajstić information content (AvgIpc) is 2.81. The van der Waals surface area contributed by atoms with E-state index < -0.39 is 11.7 Å². The number of aromatic amines is 1. The Kier molecular flexibility index (Phi) is 5.45. The summed E-state index contributed by atoms with van der Waals surface area (Å²) in [5.74, 6) is 1.39. The Hall–Kier alpha value is -1.56. The predicted octanol–water partition coefficient (Wildman–Crippen LogP) is 3.43. The number of aromatic nitrogens is 2. The molecule has 0 radical (unpaired) electrons. The molecule has 3 N–H and O–H groups in total. The van der Waals surface area contributed by atoms with Gasteiger partial charge in [0.15, 0.2) is 0 Å². The Balaban J connectivity index is 1.85. The molecule has 0 aromatic carbocycles. The van der Waals surface area contributed by atoms with Crippen molar-refractivity contribution in [2.24, 2.45) is 5.92 Å². The van der Waals surface area contributed by atoms with Gasteiger partial charge in [-0.3, -0.25) is 10.4 Å². The predicted molar refractivity (Wildman–Crippen MR) is 86.7 cm³/mol. The van der Waals surface area contributed by atoms with E-state index in [1.54, 1.807) is 6.20 Å². The number of amides is 1. The summed E-state index contributed by atoms with van der Waals surface area (Å²) in [7, 11) is 0. The lowest BCUT2D eigenvalue weighted by molar-refractivity contribution is 0.0635. The Labute approximate surface area is 132 Å². The van der Waals surface area contributed by atoms with E-state index in [1.165, 1.54) is 25.7 Å². The van der Waals surface area contributed by atoms with Gasteiger partial charge < -0.3 is 10.1 Å². The zero-order chi connectivity index (χ0) is 16.2. The van der Waals surface area contributed by atoms with Crippen LogP contribution < -0.4 is 10.6 Å². The molecule has 1 heterocycles. The smallest absolute Gasteiger partial charge is 0.413 e. The molecule has 1 aliphatic rings. The summed E-state index contributed by atoms with van der Waals surface area (Å²) in [6.07, 6.45) is 6.32. The van der Waals surface area contributed by atoms with Gasteiger partial charge in [-0.2, -0.15) is 5.10 Å². The van der Waals surface area contributed by atoms with Crippen molar-refractivity contribution < 1.29 is 9.53 Å². The molecule has 2 atom stereocenters. The molecule has 0 spiro atoms. The molecular formula is C16H28N4O2. The van der Waals surface area contributed by atoms with Crippen molar-refractivity contribution in [2.45, 2.75) is 71.6 Å². The summed E-state index contributed by atoms with van der Waals surface area (Å²) in [6, 6.07) is 0.549. The zero-order valence-electron chi connectivity index (χ0n) is 14.0. The van der Waals surface area contributed by atoms with Gasteiger partial charge in [-0.25, -0.2) is 4.79 Å². The van der Waals surface area contributed by atoms with Crippen LogP contribution in [0.3, 0.4) is 0 Å². The molecule has 22 heavy (non-hydrogen) atoms. The van der Waals surface area contributed by atoms with E-state index >= 15 is 0 Å². The first-order chi connectivity index (χ1) is 10.3. The van der Waals surface area contributed by atoms with Crippen molar-refractivity contribution in [1.82, 2.24) is 15.5 Å². The number of carbonyl (C=O) groups excluding carboxylic acids is 1. The fraction of sp³-hybridized carbons (Fsp3) is 0.750. The second-order valence-electron chi connectivity index (χ2n) is 7.25. The molecule has 2 unspecified atom stereocenters. The summed E-state index contributed by atoms with van der Waals surface area (Å²) in [5, 5.41) is 13.1. The number of ether oxygens (including phenoxy) is 1. The zero-order valence-corrected chi connectivity index (χ0v) is 14.0. The van der Waals surface area contributed by atoms with Crippen molar-refractivity contribution in [3.05, 3.63) is 11.8 Å².